The molecule has 0 aromatic heterocycles. The van der Waals surface area contributed by atoms with Crippen molar-refractivity contribution >= 4 is 17.3 Å². The summed E-state index contributed by atoms with van der Waals surface area (Å²) < 4.78 is 0. The molecule has 1 saturated heterocycles. The van der Waals surface area contributed by atoms with Crippen LogP contribution in [0.25, 0.3) is 0 Å². The van der Waals surface area contributed by atoms with Gasteiger partial charge in [0.1, 0.15) is 0 Å². The first-order chi connectivity index (χ1) is 8.29. The molecule has 0 saturated carbocycles. The minimum absolute atomic E-state index is 0.901. The molecule has 2 rings (SSSR count). The molecule has 1 aliphatic rings. The number of hydrogen-bond acceptors (Lipinski definition) is 1. The van der Waals surface area contributed by atoms with Crippen molar-refractivity contribution < 1.29 is 4.90 Å². The number of benzene rings is 1. The summed E-state index contributed by atoms with van der Waals surface area (Å²) in [4.78, 5) is 3.80. The maximum atomic E-state index is 5.34. The van der Waals surface area contributed by atoms with E-state index in [0.717, 1.165) is 38.0 Å². The van der Waals surface area contributed by atoms with E-state index in [2.05, 4.69) is 47.5 Å². The fraction of sp³-hybridized carbons (Fsp3) is 0.462. The Labute approximate surface area is 108 Å². The molecule has 1 aromatic carbocycles. The van der Waals surface area contributed by atoms with Crippen molar-refractivity contribution in [2.75, 3.05) is 26.4 Å². The second-order valence-corrected chi connectivity index (χ2v) is 4.81. The van der Waals surface area contributed by atoms with Crippen LogP contribution in [0.3, 0.4) is 0 Å². The molecular formula is C13H20N3S+. The van der Waals surface area contributed by atoms with E-state index >= 15 is 0 Å². The Morgan fingerprint density at radius 1 is 1.35 bits per heavy atom. The maximum absolute atomic E-state index is 5.34. The zero-order valence-corrected chi connectivity index (χ0v) is 11.1. The van der Waals surface area contributed by atoms with Crippen molar-refractivity contribution in [2.45, 2.75) is 13.3 Å². The fourth-order valence-electron chi connectivity index (χ4n) is 2.04. The minimum Gasteiger partial charge on any atom is -0.316 e. The smallest absolute Gasteiger partial charge is 0.177 e. The molecule has 3 nitrogen and oxygen atoms in total. The molecule has 4 heteroatoms. The average molecular weight is 250 g/mol. The lowest BCUT2D eigenvalue weighted by atomic mass is 10.1. The number of nitrogens with zero attached hydrogens (tertiary/aromatic N) is 1. The van der Waals surface area contributed by atoms with Crippen LogP contribution >= 0.6 is 12.2 Å². The molecular weight excluding hydrogens is 230 g/mol. The Hall–Kier alpha value is -1.13. The summed E-state index contributed by atoms with van der Waals surface area (Å²) in [6.45, 7) is 6.32. The fourth-order valence-corrected chi connectivity index (χ4v) is 2.26. The molecule has 17 heavy (non-hydrogen) atoms. The van der Waals surface area contributed by atoms with Gasteiger partial charge in [0, 0.05) is 6.54 Å². The predicted molar refractivity (Wildman–Crippen MR) is 73.8 cm³/mol. The van der Waals surface area contributed by atoms with E-state index in [0.29, 0.717) is 0 Å². The summed E-state index contributed by atoms with van der Waals surface area (Å²) >= 11 is 5.34. The normalized spacial score (nSPS) is 20.2. The zero-order valence-electron chi connectivity index (χ0n) is 10.3. The molecule has 1 aliphatic heterocycles. The van der Waals surface area contributed by atoms with Crippen molar-refractivity contribution in [3.63, 3.8) is 0 Å². The third-order valence-corrected chi connectivity index (χ3v) is 3.61. The standard InChI is InChI=1S/C13H19N3S/c1-2-15-10-14-13(17)16(11-15)9-8-12-6-4-3-5-7-12/h3-7H,2,8-11H2,1H3,(H,14,17)/p+1. The number of quaternary nitrogens is 1. The van der Waals surface area contributed by atoms with Gasteiger partial charge in [0.25, 0.3) is 0 Å². The van der Waals surface area contributed by atoms with Crippen LogP contribution < -0.4 is 10.2 Å². The van der Waals surface area contributed by atoms with E-state index < -0.39 is 0 Å². The highest BCUT2D eigenvalue weighted by atomic mass is 32.1. The molecule has 0 radical (unpaired) electrons. The Morgan fingerprint density at radius 2 is 2.12 bits per heavy atom. The van der Waals surface area contributed by atoms with Crippen LogP contribution in [0.4, 0.5) is 0 Å². The van der Waals surface area contributed by atoms with Gasteiger partial charge in [-0.3, -0.25) is 0 Å². The topological polar surface area (TPSA) is 19.7 Å². The number of nitrogens with one attached hydrogen (secondary N) is 2. The van der Waals surface area contributed by atoms with E-state index in [1.807, 2.05) is 0 Å². The Balaban J connectivity index is 1.87. The van der Waals surface area contributed by atoms with Crippen LogP contribution in [0.2, 0.25) is 0 Å². The second-order valence-electron chi connectivity index (χ2n) is 4.42. The van der Waals surface area contributed by atoms with Gasteiger partial charge in [-0.05, 0) is 31.1 Å². The molecule has 2 N–H and O–H groups in total. The molecule has 0 aliphatic carbocycles. The highest BCUT2D eigenvalue weighted by Gasteiger charge is 2.21. The van der Waals surface area contributed by atoms with Crippen LogP contribution in [0.5, 0.6) is 0 Å². The maximum Gasteiger partial charge on any atom is 0.177 e. The first-order valence-electron chi connectivity index (χ1n) is 6.20. The van der Waals surface area contributed by atoms with Crippen LogP contribution in [0, 0.1) is 0 Å². The monoisotopic (exact) mass is 250 g/mol. The van der Waals surface area contributed by atoms with E-state index in [1.54, 1.807) is 0 Å². The van der Waals surface area contributed by atoms with Crippen LogP contribution in [0.15, 0.2) is 30.3 Å². The lowest BCUT2D eigenvalue weighted by Crippen LogP contribution is -3.16. The van der Waals surface area contributed by atoms with E-state index in [1.165, 1.54) is 10.5 Å². The summed E-state index contributed by atoms with van der Waals surface area (Å²) in [6.07, 6.45) is 1.06. The molecule has 1 aromatic rings. The molecule has 1 unspecified atom stereocenters. The predicted octanol–water partition coefficient (Wildman–Crippen LogP) is 0.239. The van der Waals surface area contributed by atoms with Gasteiger partial charge in [-0.15, -0.1) is 0 Å². The zero-order chi connectivity index (χ0) is 12.1. The lowest BCUT2D eigenvalue weighted by molar-refractivity contribution is -0.912. The summed E-state index contributed by atoms with van der Waals surface area (Å²) in [7, 11) is 0. The molecule has 0 spiro atoms. The molecule has 1 fully saturated rings. The lowest BCUT2D eigenvalue weighted by Gasteiger charge is -2.34. The Kier molecular flexibility index (Phi) is 4.34. The highest BCUT2D eigenvalue weighted by Crippen LogP contribution is 2.01. The number of thiocarbonyl (C=S) groups is 1. The minimum atomic E-state index is 0.901. The van der Waals surface area contributed by atoms with Gasteiger partial charge in [-0.2, -0.15) is 0 Å². The van der Waals surface area contributed by atoms with Crippen LogP contribution in [0.1, 0.15) is 12.5 Å². The first kappa shape index (κ1) is 12.3. The van der Waals surface area contributed by atoms with Crippen LogP contribution in [-0.4, -0.2) is 36.4 Å². The Bertz CT molecular complexity index is 366. The summed E-state index contributed by atoms with van der Waals surface area (Å²) in [6, 6.07) is 10.6. The third-order valence-electron chi connectivity index (χ3n) is 3.20. The van der Waals surface area contributed by atoms with E-state index in [9.17, 15) is 0 Å². The second kappa shape index (κ2) is 5.98. The van der Waals surface area contributed by atoms with Crippen molar-refractivity contribution in [1.29, 1.82) is 0 Å². The Morgan fingerprint density at radius 3 is 2.82 bits per heavy atom. The van der Waals surface area contributed by atoms with E-state index in [-0.39, 0.29) is 0 Å². The van der Waals surface area contributed by atoms with Gasteiger partial charge in [-0.1, -0.05) is 30.3 Å². The molecule has 1 atom stereocenters. The SMILES string of the molecule is CC[NH+]1CNC(=S)N(CCc2ccccc2)C1. The quantitative estimate of drug-likeness (QED) is 0.747. The van der Waals surface area contributed by atoms with Gasteiger partial charge in [0.05, 0.1) is 6.54 Å². The van der Waals surface area contributed by atoms with Crippen LogP contribution in [-0.2, 0) is 6.42 Å². The molecule has 1 heterocycles. The third kappa shape index (κ3) is 3.41. The largest absolute Gasteiger partial charge is 0.316 e. The summed E-state index contributed by atoms with van der Waals surface area (Å²) in [5, 5.41) is 4.19. The van der Waals surface area contributed by atoms with Gasteiger partial charge in [0.15, 0.2) is 18.4 Å². The van der Waals surface area contributed by atoms with Gasteiger partial charge < -0.3 is 15.1 Å². The highest BCUT2D eigenvalue weighted by molar-refractivity contribution is 7.80. The molecule has 92 valence electrons. The molecule has 0 amide bonds. The molecule has 0 bridgehead atoms. The summed E-state index contributed by atoms with van der Waals surface area (Å²) in [5.74, 6) is 0. The number of hydrogen-bond donors (Lipinski definition) is 2. The van der Waals surface area contributed by atoms with Crippen molar-refractivity contribution in [2.24, 2.45) is 0 Å². The van der Waals surface area contributed by atoms with Crippen molar-refractivity contribution in [1.82, 2.24) is 10.2 Å². The van der Waals surface area contributed by atoms with E-state index in [4.69, 9.17) is 12.2 Å². The average Bonchev–Trinajstić information content (AvgIpc) is 2.39. The summed E-state index contributed by atoms with van der Waals surface area (Å²) in [5.41, 5.74) is 1.37. The van der Waals surface area contributed by atoms with Gasteiger partial charge >= 0.3 is 0 Å². The van der Waals surface area contributed by atoms with Crippen molar-refractivity contribution in [3.8, 4) is 0 Å². The van der Waals surface area contributed by atoms with Gasteiger partial charge in [-0.25, -0.2) is 0 Å². The van der Waals surface area contributed by atoms with Gasteiger partial charge in [0.2, 0.25) is 0 Å². The first-order valence-corrected chi connectivity index (χ1v) is 6.60. The van der Waals surface area contributed by atoms with Crippen molar-refractivity contribution in [3.05, 3.63) is 35.9 Å². The number of rotatable bonds is 4.